The molecule has 0 spiro atoms. The third-order valence-corrected chi connectivity index (χ3v) is 4.73. The van der Waals surface area contributed by atoms with Gasteiger partial charge in [-0.05, 0) is 6.92 Å². The topological polar surface area (TPSA) is 76.9 Å². The van der Waals surface area contributed by atoms with Crippen molar-refractivity contribution in [3.8, 4) is 0 Å². The van der Waals surface area contributed by atoms with E-state index < -0.39 is 5.60 Å². The molecule has 25 heavy (non-hydrogen) atoms. The van der Waals surface area contributed by atoms with E-state index in [1.54, 1.807) is 30.2 Å². The summed E-state index contributed by atoms with van der Waals surface area (Å²) in [4.78, 5) is 32.0. The second-order valence-corrected chi connectivity index (χ2v) is 6.54. The van der Waals surface area contributed by atoms with E-state index in [0.29, 0.717) is 39.4 Å². The van der Waals surface area contributed by atoms with Crippen molar-refractivity contribution in [3.63, 3.8) is 0 Å². The lowest BCUT2D eigenvalue weighted by molar-refractivity contribution is -0.144. The molecule has 1 fully saturated rings. The second-order valence-electron chi connectivity index (χ2n) is 6.54. The summed E-state index contributed by atoms with van der Waals surface area (Å²) >= 11 is 0. The molecule has 0 N–H and O–H groups in total. The Balaban J connectivity index is 1.97. The van der Waals surface area contributed by atoms with Crippen LogP contribution in [0.5, 0.6) is 0 Å². The summed E-state index contributed by atoms with van der Waals surface area (Å²) in [5.74, 6) is 0.848. The SMILES string of the molecule is CO[C@]1(CC(=O)N(C)CCn2ccnc2C)COCCN(C(C)=O)C1. The van der Waals surface area contributed by atoms with Gasteiger partial charge < -0.3 is 23.8 Å². The van der Waals surface area contributed by atoms with Gasteiger partial charge in [0.25, 0.3) is 0 Å². The molecule has 2 heterocycles. The Kier molecular flexibility index (Phi) is 6.55. The molecule has 1 aromatic heterocycles. The summed E-state index contributed by atoms with van der Waals surface area (Å²) in [7, 11) is 3.34. The van der Waals surface area contributed by atoms with E-state index in [9.17, 15) is 9.59 Å². The fraction of sp³-hybridized carbons (Fsp3) is 0.706. The summed E-state index contributed by atoms with van der Waals surface area (Å²) in [5.41, 5.74) is -0.807. The molecule has 1 aliphatic rings. The molecule has 2 amide bonds. The molecule has 0 bridgehead atoms. The Labute approximate surface area is 148 Å². The van der Waals surface area contributed by atoms with E-state index in [4.69, 9.17) is 9.47 Å². The van der Waals surface area contributed by atoms with Gasteiger partial charge in [-0.3, -0.25) is 9.59 Å². The van der Waals surface area contributed by atoms with Crippen molar-refractivity contribution < 1.29 is 19.1 Å². The number of hydrogen-bond acceptors (Lipinski definition) is 5. The monoisotopic (exact) mass is 352 g/mol. The summed E-state index contributed by atoms with van der Waals surface area (Å²) in [6.45, 7) is 6.34. The van der Waals surface area contributed by atoms with E-state index in [0.717, 1.165) is 5.82 Å². The number of carbonyl (C=O) groups is 2. The van der Waals surface area contributed by atoms with Crippen LogP contribution in [-0.4, -0.2) is 83.8 Å². The van der Waals surface area contributed by atoms with Gasteiger partial charge in [0.05, 0.1) is 26.2 Å². The van der Waals surface area contributed by atoms with Crippen molar-refractivity contribution in [1.82, 2.24) is 19.4 Å². The first-order valence-corrected chi connectivity index (χ1v) is 8.47. The second kappa shape index (κ2) is 8.44. The minimum atomic E-state index is -0.807. The van der Waals surface area contributed by atoms with Gasteiger partial charge in [0.15, 0.2) is 0 Å². The highest BCUT2D eigenvalue weighted by atomic mass is 16.5. The maximum atomic E-state index is 12.7. The number of imidazole rings is 1. The number of methoxy groups -OCH3 is 1. The lowest BCUT2D eigenvalue weighted by Crippen LogP contribution is -2.50. The predicted octanol–water partition coefficient (Wildman–Crippen LogP) is 0.304. The molecule has 1 atom stereocenters. The predicted molar refractivity (Wildman–Crippen MR) is 92.0 cm³/mol. The Hall–Kier alpha value is -1.93. The summed E-state index contributed by atoms with van der Waals surface area (Å²) in [5, 5.41) is 0. The van der Waals surface area contributed by atoms with Crippen LogP contribution < -0.4 is 0 Å². The summed E-state index contributed by atoms with van der Waals surface area (Å²) in [6, 6.07) is 0. The number of carbonyl (C=O) groups excluding carboxylic acids is 2. The third-order valence-electron chi connectivity index (χ3n) is 4.73. The molecule has 1 saturated heterocycles. The fourth-order valence-corrected chi connectivity index (χ4v) is 2.91. The summed E-state index contributed by atoms with van der Waals surface area (Å²) < 4.78 is 13.2. The van der Waals surface area contributed by atoms with Gasteiger partial charge in [-0.2, -0.15) is 0 Å². The van der Waals surface area contributed by atoms with Crippen LogP contribution in [-0.2, 0) is 25.6 Å². The number of nitrogens with zero attached hydrogens (tertiary/aromatic N) is 4. The van der Waals surface area contributed by atoms with Crippen LogP contribution in [0.2, 0.25) is 0 Å². The average Bonchev–Trinajstić information content (AvgIpc) is 2.87. The number of aryl methyl sites for hydroxylation is 1. The molecule has 8 nitrogen and oxygen atoms in total. The maximum Gasteiger partial charge on any atom is 0.225 e. The number of amides is 2. The van der Waals surface area contributed by atoms with E-state index in [-0.39, 0.29) is 18.2 Å². The van der Waals surface area contributed by atoms with Crippen molar-refractivity contribution in [2.75, 3.05) is 47.0 Å². The van der Waals surface area contributed by atoms with Crippen molar-refractivity contribution in [3.05, 3.63) is 18.2 Å². The van der Waals surface area contributed by atoms with Gasteiger partial charge in [0.1, 0.15) is 11.4 Å². The van der Waals surface area contributed by atoms with Gasteiger partial charge in [-0.15, -0.1) is 0 Å². The summed E-state index contributed by atoms with van der Waals surface area (Å²) in [6.07, 6.45) is 3.82. The highest BCUT2D eigenvalue weighted by molar-refractivity contribution is 5.77. The zero-order valence-electron chi connectivity index (χ0n) is 15.5. The van der Waals surface area contributed by atoms with E-state index in [2.05, 4.69) is 4.98 Å². The van der Waals surface area contributed by atoms with Gasteiger partial charge in [-0.1, -0.05) is 0 Å². The van der Waals surface area contributed by atoms with Crippen LogP contribution in [0.25, 0.3) is 0 Å². The first kappa shape index (κ1) is 19.4. The number of aromatic nitrogens is 2. The third kappa shape index (κ3) is 5.02. The Bertz CT molecular complexity index is 603. The molecule has 1 aliphatic heterocycles. The molecule has 0 saturated carbocycles. The molecule has 1 aromatic rings. The minimum Gasteiger partial charge on any atom is -0.377 e. The molecule has 140 valence electrons. The van der Waals surface area contributed by atoms with Crippen LogP contribution in [0.4, 0.5) is 0 Å². The molecule has 8 heteroatoms. The maximum absolute atomic E-state index is 12.7. The van der Waals surface area contributed by atoms with Gasteiger partial charge in [-0.25, -0.2) is 4.98 Å². The smallest absolute Gasteiger partial charge is 0.225 e. The largest absolute Gasteiger partial charge is 0.377 e. The van der Waals surface area contributed by atoms with Gasteiger partial charge in [0, 0.05) is 53.1 Å². The lowest BCUT2D eigenvalue weighted by atomic mass is 9.98. The highest BCUT2D eigenvalue weighted by Gasteiger charge is 2.38. The number of rotatable bonds is 6. The standard InChI is InChI=1S/C17H28N4O4/c1-14-18-5-6-20(14)8-7-19(3)16(23)11-17(24-4)12-21(15(2)22)9-10-25-13-17/h5-6H,7-13H2,1-4H3/t17-/m0/s1. The van der Waals surface area contributed by atoms with Crippen molar-refractivity contribution in [2.24, 2.45) is 0 Å². The molecule has 0 radical (unpaired) electrons. The van der Waals surface area contributed by atoms with Crippen molar-refractivity contribution >= 4 is 11.8 Å². The quantitative estimate of drug-likeness (QED) is 0.736. The minimum absolute atomic E-state index is 0.0337. The van der Waals surface area contributed by atoms with Crippen LogP contribution >= 0.6 is 0 Å². The van der Waals surface area contributed by atoms with Crippen molar-refractivity contribution in [1.29, 1.82) is 0 Å². The average molecular weight is 352 g/mol. The number of ether oxygens (including phenoxy) is 2. The first-order valence-electron chi connectivity index (χ1n) is 8.47. The van der Waals surface area contributed by atoms with Crippen molar-refractivity contribution in [2.45, 2.75) is 32.4 Å². The van der Waals surface area contributed by atoms with E-state index in [1.807, 2.05) is 17.7 Å². The van der Waals surface area contributed by atoms with Crippen LogP contribution in [0, 0.1) is 6.92 Å². The van der Waals surface area contributed by atoms with Crippen LogP contribution in [0.1, 0.15) is 19.2 Å². The lowest BCUT2D eigenvalue weighted by Gasteiger charge is -2.34. The van der Waals surface area contributed by atoms with Crippen LogP contribution in [0.15, 0.2) is 12.4 Å². The number of hydrogen-bond donors (Lipinski definition) is 0. The normalized spacial score (nSPS) is 21.0. The van der Waals surface area contributed by atoms with Gasteiger partial charge >= 0.3 is 0 Å². The molecule has 0 unspecified atom stereocenters. The van der Waals surface area contributed by atoms with Crippen LogP contribution in [0.3, 0.4) is 0 Å². The van der Waals surface area contributed by atoms with Gasteiger partial charge in [0.2, 0.25) is 11.8 Å². The Morgan fingerprint density at radius 3 is 2.84 bits per heavy atom. The van der Waals surface area contributed by atoms with E-state index >= 15 is 0 Å². The number of likely N-dealkylation sites (N-methyl/N-ethyl adjacent to an activating group) is 1. The molecule has 2 rings (SSSR count). The Morgan fingerprint density at radius 2 is 2.24 bits per heavy atom. The highest BCUT2D eigenvalue weighted by Crippen LogP contribution is 2.22. The molecular weight excluding hydrogens is 324 g/mol. The van der Waals surface area contributed by atoms with E-state index in [1.165, 1.54) is 6.92 Å². The zero-order valence-corrected chi connectivity index (χ0v) is 15.5. The Morgan fingerprint density at radius 1 is 1.48 bits per heavy atom. The first-order chi connectivity index (χ1) is 11.9. The molecular formula is C17H28N4O4. The zero-order chi connectivity index (χ0) is 18.4. The molecule has 0 aliphatic carbocycles. The molecule has 0 aromatic carbocycles. The fourth-order valence-electron chi connectivity index (χ4n) is 2.91.